The Kier molecular flexibility index (Phi) is 7.37. The lowest BCUT2D eigenvalue weighted by Crippen LogP contribution is -2.56. The number of hydrogen-bond acceptors (Lipinski definition) is 5. The number of rotatable bonds is 4. The number of carbonyl (C=O) groups excluding carboxylic acids is 2. The second-order valence-corrected chi connectivity index (χ2v) is 5.42. The van der Waals surface area contributed by atoms with Gasteiger partial charge in [-0.05, 0) is 0 Å². The van der Waals surface area contributed by atoms with Crippen LogP contribution in [0.5, 0.6) is 0 Å². The van der Waals surface area contributed by atoms with Gasteiger partial charge >= 0.3 is 0 Å². The van der Waals surface area contributed by atoms with Gasteiger partial charge in [0.05, 0.1) is 19.1 Å². The zero-order chi connectivity index (χ0) is 14.5. The molecule has 2 amide bonds. The first-order chi connectivity index (χ1) is 9.61. The number of piperazine rings is 2. The summed E-state index contributed by atoms with van der Waals surface area (Å²) in [5.41, 5.74) is 0. The van der Waals surface area contributed by atoms with Crippen molar-refractivity contribution in [3.63, 3.8) is 0 Å². The molecule has 0 aromatic carbocycles. The summed E-state index contributed by atoms with van der Waals surface area (Å²) in [7, 11) is 1.77. The third kappa shape index (κ3) is 4.81. The van der Waals surface area contributed by atoms with E-state index in [1.165, 1.54) is 0 Å². The third-order valence-electron chi connectivity index (χ3n) is 4.03. The number of aliphatic hydroxyl groups excluding tert-OH is 1. The minimum absolute atomic E-state index is 0. The molecule has 2 heterocycles. The molecular weight excluding hydrogens is 296 g/mol. The molecular formula is C13H25ClN4O3. The summed E-state index contributed by atoms with van der Waals surface area (Å²) in [6, 6.07) is -0.378. The highest BCUT2D eigenvalue weighted by Gasteiger charge is 2.30. The van der Waals surface area contributed by atoms with Crippen molar-refractivity contribution in [3.05, 3.63) is 0 Å². The van der Waals surface area contributed by atoms with Crippen LogP contribution in [0, 0.1) is 0 Å². The number of aliphatic hydroxyl groups is 1. The highest BCUT2D eigenvalue weighted by molar-refractivity contribution is 5.88. The largest absolute Gasteiger partial charge is 0.395 e. The van der Waals surface area contributed by atoms with Crippen LogP contribution in [0.25, 0.3) is 0 Å². The highest BCUT2D eigenvalue weighted by atomic mass is 35.5. The molecule has 0 radical (unpaired) electrons. The molecule has 7 nitrogen and oxygen atoms in total. The Morgan fingerprint density at radius 3 is 2.57 bits per heavy atom. The van der Waals surface area contributed by atoms with E-state index < -0.39 is 0 Å². The number of halogens is 1. The normalized spacial score (nSPS) is 23.9. The zero-order valence-corrected chi connectivity index (χ0v) is 13.3. The molecule has 0 aliphatic carbocycles. The van der Waals surface area contributed by atoms with Gasteiger partial charge < -0.3 is 20.2 Å². The number of β-amino-alcohol motifs (C(OH)–C–C–N with tert-alkyl or cyclic N) is 1. The van der Waals surface area contributed by atoms with Gasteiger partial charge in [-0.3, -0.25) is 14.5 Å². The van der Waals surface area contributed by atoms with Gasteiger partial charge in [0.15, 0.2) is 0 Å². The minimum atomic E-state index is -0.378. The second kappa shape index (κ2) is 8.53. The van der Waals surface area contributed by atoms with E-state index in [-0.39, 0.29) is 43.3 Å². The first-order valence-corrected chi connectivity index (χ1v) is 7.21. The second-order valence-electron chi connectivity index (χ2n) is 5.42. The van der Waals surface area contributed by atoms with E-state index in [0.29, 0.717) is 26.2 Å². The zero-order valence-electron chi connectivity index (χ0n) is 12.5. The molecule has 2 aliphatic heterocycles. The van der Waals surface area contributed by atoms with E-state index in [0.717, 1.165) is 19.6 Å². The van der Waals surface area contributed by atoms with Gasteiger partial charge in [-0.25, -0.2) is 0 Å². The lowest BCUT2D eigenvalue weighted by atomic mass is 10.1. The molecule has 2 saturated heterocycles. The third-order valence-corrected chi connectivity index (χ3v) is 4.03. The minimum Gasteiger partial charge on any atom is -0.395 e. The number of hydrogen-bond donors (Lipinski definition) is 2. The van der Waals surface area contributed by atoms with Crippen LogP contribution < -0.4 is 5.32 Å². The van der Waals surface area contributed by atoms with Gasteiger partial charge in [-0.2, -0.15) is 0 Å². The van der Waals surface area contributed by atoms with Crippen molar-refractivity contribution in [1.82, 2.24) is 20.0 Å². The number of nitrogens with one attached hydrogen (secondary N) is 1. The topological polar surface area (TPSA) is 76.1 Å². The Morgan fingerprint density at radius 1 is 1.29 bits per heavy atom. The predicted octanol–water partition coefficient (Wildman–Crippen LogP) is -1.63. The average Bonchev–Trinajstić information content (AvgIpc) is 2.45. The van der Waals surface area contributed by atoms with Gasteiger partial charge in [0.2, 0.25) is 11.8 Å². The van der Waals surface area contributed by atoms with E-state index in [1.54, 1.807) is 11.9 Å². The SMILES string of the molecule is CN1CCNC(CC(=O)N2CCN(CCO)CC2)C1=O.Cl. The van der Waals surface area contributed by atoms with Gasteiger partial charge in [0.1, 0.15) is 0 Å². The standard InChI is InChI=1S/C13H24N4O3.ClH/c1-15-3-2-14-11(13(15)20)10-12(19)17-6-4-16(5-7-17)8-9-18;/h11,14,18H,2-10H2,1H3;1H. The monoisotopic (exact) mass is 320 g/mol. The van der Waals surface area contributed by atoms with Crippen LogP contribution >= 0.6 is 12.4 Å². The fourth-order valence-electron chi connectivity index (χ4n) is 2.70. The van der Waals surface area contributed by atoms with Crippen molar-refractivity contribution < 1.29 is 14.7 Å². The molecule has 0 saturated carbocycles. The van der Waals surface area contributed by atoms with Crippen molar-refractivity contribution in [3.8, 4) is 0 Å². The molecule has 0 aromatic rings. The summed E-state index contributed by atoms with van der Waals surface area (Å²) >= 11 is 0. The number of nitrogens with zero attached hydrogens (tertiary/aromatic N) is 3. The number of carbonyl (C=O) groups is 2. The Hall–Kier alpha value is -0.890. The Labute approximate surface area is 131 Å². The fraction of sp³-hybridized carbons (Fsp3) is 0.846. The van der Waals surface area contributed by atoms with Gasteiger partial charge in [-0.1, -0.05) is 0 Å². The van der Waals surface area contributed by atoms with E-state index >= 15 is 0 Å². The van der Waals surface area contributed by atoms with Crippen molar-refractivity contribution >= 4 is 24.2 Å². The molecule has 2 rings (SSSR count). The maximum absolute atomic E-state index is 12.2. The Bertz CT molecular complexity index is 361. The molecule has 8 heteroatoms. The van der Waals surface area contributed by atoms with Crippen LogP contribution in [0.4, 0.5) is 0 Å². The van der Waals surface area contributed by atoms with Crippen LogP contribution in [0.2, 0.25) is 0 Å². The molecule has 0 bridgehead atoms. The van der Waals surface area contributed by atoms with Crippen LogP contribution in [0.1, 0.15) is 6.42 Å². The molecule has 0 aromatic heterocycles. The summed E-state index contributed by atoms with van der Waals surface area (Å²) < 4.78 is 0. The summed E-state index contributed by atoms with van der Waals surface area (Å²) in [6.07, 6.45) is 0.239. The Morgan fingerprint density at radius 2 is 1.95 bits per heavy atom. The lowest BCUT2D eigenvalue weighted by Gasteiger charge is -2.36. The molecule has 0 spiro atoms. The molecule has 122 valence electrons. The number of amides is 2. The van der Waals surface area contributed by atoms with Crippen molar-refractivity contribution in [2.75, 3.05) is 59.5 Å². The van der Waals surface area contributed by atoms with Crippen molar-refractivity contribution in [1.29, 1.82) is 0 Å². The average molecular weight is 321 g/mol. The molecule has 2 aliphatic rings. The summed E-state index contributed by atoms with van der Waals surface area (Å²) in [6.45, 7) is 5.19. The van der Waals surface area contributed by atoms with E-state index in [1.807, 2.05) is 4.90 Å². The molecule has 2 N–H and O–H groups in total. The van der Waals surface area contributed by atoms with E-state index in [2.05, 4.69) is 10.2 Å². The first-order valence-electron chi connectivity index (χ1n) is 7.21. The Balaban J connectivity index is 0.00000220. The smallest absolute Gasteiger partial charge is 0.240 e. The van der Waals surface area contributed by atoms with E-state index in [9.17, 15) is 9.59 Å². The summed E-state index contributed by atoms with van der Waals surface area (Å²) in [5, 5.41) is 12.0. The quantitative estimate of drug-likeness (QED) is 0.650. The lowest BCUT2D eigenvalue weighted by molar-refractivity contribution is -0.140. The molecule has 1 unspecified atom stereocenters. The van der Waals surface area contributed by atoms with Crippen LogP contribution in [-0.4, -0.2) is 97.1 Å². The molecule has 21 heavy (non-hydrogen) atoms. The predicted molar refractivity (Wildman–Crippen MR) is 81.4 cm³/mol. The molecule has 2 fully saturated rings. The van der Waals surface area contributed by atoms with Gasteiger partial charge in [-0.15, -0.1) is 12.4 Å². The summed E-state index contributed by atoms with van der Waals surface area (Å²) in [5.74, 6) is 0.0401. The van der Waals surface area contributed by atoms with Crippen molar-refractivity contribution in [2.24, 2.45) is 0 Å². The van der Waals surface area contributed by atoms with Crippen LogP contribution in [0.3, 0.4) is 0 Å². The van der Waals surface area contributed by atoms with E-state index in [4.69, 9.17) is 5.11 Å². The number of likely N-dealkylation sites (N-methyl/N-ethyl adjacent to an activating group) is 1. The fourth-order valence-corrected chi connectivity index (χ4v) is 2.70. The maximum Gasteiger partial charge on any atom is 0.240 e. The highest BCUT2D eigenvalue weighted by Crippen LogP contribution is 2.08. The maximum atomic E-state index is 12.2. The van der Waals surface area contributed by atoms with Crippen LogP contribution in [0.15, 0.2) is 0 Å². The van der Waals surface area contributed by atoms with Crippen LogP contribution in [-0.2, 0) is 9.59 Å². The first kappa shape index (κ1) is 18.2. The van der Waals surface area contributed by atoms with Crippen molar-refractivity contribution in [2.45, 2.75) is 12.5 Å². The van der Waals surface area contributed by atoms with Gasteiger partial charge in [0.25, 0.3) is 0 Å². The molecule has 1 atom stereocenters. The summed E-state index contributed by atoms with van der Waals surface area (Å²) in [4.78, 5) is 29.8. The van der Waals surface area contributed by atoms with Gasteiger partial charge in [0, 0.05) is 52.9 Å².